The highest BCUT2D eigenvalue weighted by molar-refractivity contribution is 7.18. The zero-order valence-corrected chi connectivity index (χ0v) is 15.8. The van der Waals surface area contributed by atoms with Crippen molar-refractivity contribution in [2.75, 3.05) is 7.05 Å². The van der Waals surface area contributed by atoms with Crippen molar-refractivity contribution in [3.8, 4) is 0 Å². The first-order valence-corrected chi connectivity index (χ1v) is 10.2. The quantitative estimate of drug-likeness (QED) is 0.578. The second-order valence-electron chi connectivity index (χ2n) is 7.40. The smallest absolute Gasteiger partial charge is 0.0991 e. The number of aromatic nitrogens is 1. The SMILES string of the molecule is CN1C2CC[C@@H]1CC(c1ccc(Cl)cc1)[C@@H]2c1nc2ccccc2s1. The largest absolute Gasteiger partial charge is 0.300 e. The third-order valence-corrected chi connectivity index (χ3v) is 7.55. The number of hydrogen-bond donors (Lipinski definition) is 0. The maximum atomic E-state index is 6.13. The summed E-state index contributed by atoms with van der Waals surface area (Å²) in [5.41, 5.74) is 2.55. The van der Waals surface area contributed by atoms with E-state index in [0.29, 0.717) is 23.9 Å². The summed E-state index contributed by atoms with van der Waals surface area (Å²) in [6, 6.07) is 18.3. The monoisotopic (exact) mass is 368 g/mol. The van der Waals surface area contributed by atoms with Crippen LogP contribution in [-0.4, -0.2) is 29.0 Å². The van der Waals surface area contributed by atoms with Gasteiger partial charge in [0.05, 0.1) is 15.2 Å². The number of para-hydroxylation sites is 1. The predicted molar refractivity (Wildman–Crippen MR) is 106 cm³/mol. The molecule has 2 saturated heterocycles. The predicted octanol–water partition coefficient (Wildman–Crippen LogP) is 5.68. The summed E-state index contributed by atoms with van der Waals surface area (Å²) in [7, 11) is 2.31. The summed E-state index contributed by atoms with van der Waals surface area (Å²) in [6.45, 7) is 0. The number of likely N-dealkylation sites (N-methyl/N-ethyl adjacent to an activating group) is 1. The molecule has 2 bridgehead atoms. The minimum atomic E-state index is 0.474. The molecule has 1 aromatic heterocycles. The highest BCUT2D eigenvalue weighted by atomic mass is 35.5. The number of fused-ring (bicyclic) bond motifs is 3. The van der Waals surface area contributed by atoms with E-state index in [-0.39, 0.29) is 0 Å². The Balaban J connectivity index is 1.62. The van der Waals surface area contributed by atoms with Gasteiger partial charge in [-0.15, -0.1) is 11.3 Å². The fourth-order valence-electron chi connectivity index (χ4n) is 4.89. The van der Waals surface area contributed by atoms with Gasteiger partial charge in [0, 0.05) is 23.0 Å². The second-order valence-corrected chi connectivity index (χ2v) is 8.90. The third-order valence-electron chi connectivity index (χ3n) is 6.16. The topological polar surface area (TPSA) is 16.1 Å². The maximum absolute atomic E-state index is 6.13. The van der Waals surface area contributed by atoms with Crippen LogP contribution in [0.15, 0.2) is 48.5 Å². The first-order chi connectivity index (χ1) is 12.2. The Morgan fingerprint density at radius 2 is 1.88 bits per heavy atom. The first kappa shape index (κ1) is 15.8. The van der Waals surface area contributed by atoms with E-state index >= 15 is 0 Å². The van der Waals surface area contributed by atoms with Crippen LogP contribution in [0, 0.1) is 0 Å². The van der Waals surface area contributed by atoms with E-state index in [1.807, 2.05) is 23.5 Å². The van der Waals surface area contributed by atoms with Crippen molar-refractivity contribution in [2.45, 2.75) is 43.2 Å². The maximum Gasteiger partial charge on any atom is 0.0991 e. The van der Waals surface area contributed by atoms with E-state index in [4.69, 9.17) is 16.6 Å². The van der Waals surface area contributed by atoms with Gasteiger partial charge in [-0.2, -0.15) is 0 Å². The number of nitrogens with zero attached hydrogens (tertiary/aromatic N) is 2. The van der Waals surface area contributed by atoms with Crippen LogP contribution >= 0.6 is 22.9 Å². The normalized spacial score (nSPS) is 29.4. The fraction of sp³-hybridized carbons (Fsp3) is 0.381. The van der Waals surface area contributed by atoms with Crippen molar-refractivity contribution in [2.24, 2.45) is 0 Å². The molecule has 0 saturated carbocycles. The van der Waals surface area contributed by atoms with Crippen LogP contribution in [0.25, 0.3) is 10.2 Å². The van der Waals surface area contributed by atoms with E-state index in [1.165, 1.54) is 34.5 Å². The molecule has 4 heteroatoms. The van der Waals surface area contributed by atoms with Gasteiger partial charge in [0.15, 0.2) is 0 Å². The molecule has 2 fully saturated rings. The molecule has 0 spiro atoms. The van der Waals surface area contributed by atoms with Crippen LogP contribution in [0.4, 0.5) is 0 Å². The van der Waals surface area contributed by atoms with E-state index in [9.17, 15) is 0 Å². The first-order valence-electron chi connectivity index (χ1n) is 9.03. The van der Waals surface area contributed by atoms with Gasteiger partial charge in [-0.25, -0.2) is 4.98 Å². The zero-order chi connectivity index (χ0) is 17.0. The lowest BCUT2D eigenvalue weighted by atomic mass is 9.76. The molecule has 2 aliphatic heterocycles. The third kappa shape index (κ3) is 2.61. The molecule has 2 aromatic carbocycles. The van der Waals surface area contributed by atoms with Gasteiger partial charge in [-0.05, 0) is 62.1 Å². The van der Waals surface area contributed by atoms with Crippen molar-refractivity contribution >= 4 is 33.2 Å². The average molecular weight is 369 g/mol. The average Bonchev–Trinajstić information content (AvgIpc) is 3.14. The molecule has 2 nitrogen and oxygen atoms in total. The Labute approximate surface area is 157 Å². The van der Waals surface area contributed by atoms with Gasteiger partial charge in [0.1, 0.15) is 0 Å². The minimum Gasteiger partial charge on any atom is -0.300 e. The van der Waals surface area contributed by atoms with E-state index in [1.54, 1.807) is 0 Å². The molecule has 25 heavy (non-hydrogen) atoms. The van der Waals surface area contributed by atoms with E-state index in [0.717, 1.165) is 10.5 Å². The number of piperidine rings is 1. The van der Waals surface area contributed by atoms with Crippen LogP contribution in [0.3, 0.4) is 0 Å². The van der Waals surface area contributed by atoms with Crippen LogP contribution in [-0.2, 0) is 0 Å². The van der Waals surface area contributed by atoms with E-state index in [2.05, 4.69) is 48.3 Å². The molecule has 0 N–H and O–H groups in total. The Kier molecular flexibility index (Phi) is 3.85. The number of rotatable bonds is 2. The van der Waals surface area contributed by atoms with Gasteiger partial charge in [0.2, 0.25) is 0 Å². The fourth-order valence-corrected chi connectivity index (χ4v) is 6.21. The van der Waals surface area contributed by atoms with Crippen LogP contribution < -0.4 is 0 Å². The van der Waals surface area contributed by atoms with Crippen LogP contribution in [0.2, 0.25) is 5.02 Å². The number of benzene rings is 2. The molecule has 0 amide bonds. The summed E-state index contributed by atoms with van der Waals surface area (Å²) >= 11 is 8.01. The van der Waals surface area contributed by atoms with Gasteiger partial charge >= 0.3 is 0 Å². The van der Waals surface area contributed by atoms with Gasteiger partial charge < -0.3 is 0 Å². The van der Waals surface area contributed by atoms with Crippen molar-refractivity contribution in [3.05, 3.63) is 64.1 Å². The Morgan fingerprint density at radius 3 is 2.68 bits per heavy atom. The number of thiazole rings is 1. The summed E-state index contributed by atoms with van der Waals surface area (Å²) in [5, 5.41) is 2.12. The molecule has 0 radical (unpaired) electrons. The standard InChI is InChI=1S/C21H21ClN2S/c1-24-15-10-11-18(24)20(16(12-15)13-6-8-14(22)9-7-13)21-23-17-4-2-3-5-19(17)25-21/h2-9,15-16,18,20H,10-12H2,1H3/t15-,16?,18?,20+/m1/s1. The van der Waals surface area contributed by atoms with Gasteiger partial charge in [-0.3, -0.25) is 4.90 Å². The highest BCUT2D eigenvalue weighted by Crippen LogP contribution is 2.52. The summed E-state index contributed by atoms with van der Waals surface area (Å²) < 4.78 is 1.30. The highest BCUT2D eigenvalue weighted by Gasteiger charge is 2.47. The van der Waals surface area contributed by atoms with E-state index < -0.39 is 0 Å². The van der Waals surface area contributed by atoms with Crippen molar-refractivity contribution < 1.29 is 0 Å². The Morgan fingerprint density at radius 1 is 1.08 bits per heavy atom. The van der Waals surface area contributed by atoms with Crippen molar-refractivity contribution in [1.29, 1.82) is 0 Å². The number of halogens is 1. The van der Waals surface area contributed by atoms with Crippen molar-refractivity contribution in [1.82, 2.24) is 9.88 Å². The molecule has 128 valence electrons. The lowest BCUT2D eigenvalue weighted by Crippen LogP contribution is -2.44. The minimum absolute atomic E-state index is 0.474. The molecule has 4 atom stereocenters. The van der Waals surface area contributed by atoms with Crippen LogP contribution in [0.5, 0.6) is 0 Å². The molecule has 5 rings (SSSR count). The molecule has 3 heterocycles. The van der Waals surface area contributed by atoms with Crippen molar-refractivity contribution in [3.63, 3.8) is 0 Å². The summed E-state index contributed by atoms with van der Waals surface area (Å²) in [4.78, 5) is 7.66. The summed E-state index contributed by atoms with van der Waals surface area (Å²) in [6.07, 6.45) is 3.81. The van der Waals surface area contributed by atoms with Gasteiger partial charge in [0.25, 0.3) is 0 Å². The molecule has 3 aromatic rings. The lowest BCUT2D eigenvalue weighted by molar-refractivity contribution is 0.137. The Bertz CT molecular complexity index is 871. The Hall–Kier alpha value is -1.42. The number of hydrogen-bond acceptors (Lipinski definition) is 3. The van der Waals surface area contributed by atoms with Crippen LogP contribution in [0.1, 0.15) is 41.7 Å². The zero-order valence-electron chi connectivity index (χ0n) is 14.2. The lowest BCUT2D eigenvalue weighted by Gasteiger charge is -2.42. The molecular weight excluding hydrogens is 348 g/mol. The molecular formula is C21H21ClN2S. The molecule has 2 unspecified atom stereocenters. The molecule has 0 aliphatic carbocycles. The second kappa shape index (κ2) is 6.08. The van der Waals surface area contributed by atoms with Gasteiger partial charge in [-0.1, -0.05) is 35.9 Å². The molecule has 2 aliphatic rings. The summed E-state index contributed by atoms with van der Waals surface area (Å²) in [5.74, 6) is 1.01.